The van der Waals surface area contributed by atoms with Crippen molar-refractivity contribution in [2.45, 2.75) is 38.2 Å². The first-order valence-corrected chi connectivity index (χ1v) is 4.19. The van der Waals surface area contributed by atoms with Crippen molar-refractivity contribution < 1.29 is 4.74 Å². The fourth-order valence-corrected chi connectivity index (χ4v) is 1.72. The van der Waals surface area contributed by atoms with Crippen LogP contribution in [0, 0.1) is 12.8 Å². The van der Waals surface area contributed by atoms with Crippen LogP contribution in [0.25, 0.3) is 0 Å². The highest BCUT2D eigenvalue weighted by atomic mass is 16.5. The molecule has 10 heavy (non-hydrogen) atoms. The molecule has 1 aliphatic carbocycles. The molecular weight excluding hydrogens is 124 g/mol. The highest BCUT2D eigenvalue weighted by Gasteiger charge is 2.19. The van der Waals surface area contributed by atoms with Gasteiger partial charge in [0, 0.05) is 7.11 Å². The van der Waals surface area contributed by atoms with E-state index in [9.17, 15) is 0 Å². The molecule has 0 aromatic heterocycles. The molecule has 2 unspecified atom stereocenters. The summed E-state index contributed by atoms with van der Waals surface area (Å²) in [5.41, 5.74) is 0. The predicted molar refractivity (Wildman–Crippen MR) is 42.7 cm³/mol. The largest absolute Gasteiger partial charge is 0.381 e. The zero-order valence-corrected chi connectivity index (χ0v) is 6.81. The highest BCUT2D eigenvalue weighted by Crippen LogP contribution is 2.27. The molecule has 0 aliphatic heterocycles. The van der Waals surface area contributed by atoms with Gasteiger partial charge in [-0.1, -0.05) is 26.2 Å². The minimum absolute atomic E-state index is 0.528. The Bertz CT molecular complexity index is 80.7. The average Bonchev–Trinajstić information content (AvgIpc) is 2.05. The van der Waals surface area contributed by atoms with Crippen LogP contribution in [0.5, 0.6) is 0 Å². The average molecular weight is 141 g/mol. The summed E-state index contributed by atoms with van der Waals surface area (Å²) < 4.78 is 5.30. The summed E-state index contributed by atoms with van der Waals surface area (Å²) in [5.74, 6) is 0.832. The molecule has 2 atom stereocenters. The Hall–Kier alpha value is -0.0400. The van der Waals surface area contributed by atoms with E-state index >= 15 is 0 Å². The van der Waals surface area contributed by atoms with Crippen LogP contribution in [-0.4, -0.2) is 13.2 Å². The molecule has 0 spiro atoms. The Kier molecular flexibility index (Phi) is 3.20. The smallest absolute Gasteiger partial charge is 0.0574 e. The van der Waals surface area contributed by atoms with Crippen molar-refractivity contribution in [2.24, 2.45) is 5.92 Å². The first-order valence-electron chi connectivity index (χ1n) is 4.19. The molecule has 0 aromatic rings. The minimum atomic E-state index is 0.528. The molecule has 1 saturated carbocycles. The van der Waals surface area contributed by atoms with E-state index in [2.05, 4.69) is 6.92 Å². The van der Waals surface area contributed by atoms with Gasteiger partial charge in [-0.25, -0.2) is 0 Å². The van der Waals surface area contributed by atoms with Crippen molar-refractivity contribution >= 4 is 0 Å². The van der Waals surface area contributed by atoms with Gasteiger partial charge in [0.25, 0.3) is 0 Å². The van der Waals surface area contributed by atoms with Crippen LogP contribution in [-0.2, 0) is 4.74 Å². The van der Waals surface area contributed by atoms with Gasteiger partial charge in [0.1, 0.15) is 0 Å². The summed E-state index contributed by atoms with van der Waals surface area (Å²) in [6.45, 7) is 3.92. The monoisotopic (exact) mass is 141 g/mol. The van der Waals surface area contributed by atoms with Crippen molar-refractivity contribution in [3.8, 4) is 0 Å². The number of ether oxygens (including phenoxy) is 1. The number of hydrogen-bond donors (Lipinski definition) is 0. The Morgan fingerprint density at radius 3 is 2.90 bits per heavy atom. The Balaban J connectivity index is 2.25. The second-order valence-corrected chi connectivity index (χ2v) is 3.18. The number of hydrogen-bond acceptors (Lipinski definition) is 1. The highest BCUT2D eigenvalue weighted by molar-refractivity contribution is 4.73. The zero-order valence-electron chi connectivity index (χ0n) is 6.81. The predicted octanol–water partition coefficient (Wildman–Crippen LogP) is 2.42. The summed E-state index contributed by atoms with van der Waals surface area (Å²) in [5, 5.41) is 0. The third kappa shape index (κ3) is 1.98. The molecule has 0 saturated heterocycles. The van der Waals surface area contributed by atoms with Gasteiger partial charge in [-0.2, -0.15) is 0 Å². The van der Waals surface area contributed by atoms with Crippen LogP contribution in [0.4, 0.5) is 0 Å². The van der Waals surface area contributed by atoms with Gasteiger partial charge >= 0.3 is 0 Å². The first kappa shape index (κ1) is 8.06. The van der Waals surface area contributed by atoms with E-state index in [-0.39, 0.29) is 0 Å². The van der Waals surface area contributed by atoms with Gasteiger partial charge < -0.3 is 4.74 Å². The van der Waals surface area contributed by atoms with Crippen LogP contribution in [0.15, 0.2) is 0 Å². The molecule has 1 rings (SSSR count). The normalized spacial score (nSPS) is 34.2. The van der Waals surface area contributed by atoms with E-state index in [4.69, 9.17) is 4.74 Å². The molecule has 1 heteroatoms. The minimum Gasteiger partial charge on any atom is -0.381 e. The molecule has 0 N–H and O–H groups in total. The van der Waals surface area contributed by atoms with E-state index in [0.29, 0.717) is 6.10 Å². The van der Waals surface area contributed by atoms with Gasteiger partial charge in [-0.05, 0) is 18.8 Å². The third-order valence-corrected chi connectivity index (χ3v) is 2.48. The van der Waals surface area contributed by atoms with Crippen molar-refractivity contribution in [2.75, 3.05) is 7.11 Å². The maximum absolute atomic E-state index is 5.30. The van der Waals surface area contributed by atoms with Gasteiger partial charge in [0.15, 0.2) is 0 Å². The maximum atomic E-state index is 5.30. The number of methoxy groups -OCH3 is 1. The quantitative estimate of drug-likeness (QED) is 0.574. The summed E-state index contributed by atoms with van der Waals surface area (Å²) in [6, 6.07) is 0. The van der Waals surface area contributed by atoms with Crippen LogP contribution < -0.4 is 0 Å². The lowest BCUT2D eigenvalue weighted by molar-refractivity contribution is 0.0512. The van der Waals surface area contributed by atoms with E-state index in [0.717, 1.165) is 12.3 Å². The fourth-order valence-electron chi connectivity index (χ4n) is 1.72. The zero-order chi connectivity index (χ0) is 7.40. The van der Waals surface area contributed by atoms with E-state index in [1.165, 1.54) is 25.7 Å². The topological polar surface area (TPSA) is 9.23 Å². The molecule has 59 valence electrons. The molecule has 1 nitrogen and oxygen atoms in total. The van der Waals surface area contributed by atoms with Gasteiger partial charge in [0.05, 0.1) is 6.10 Å². The summed E-state index contributed by atoms with van der Waals surface area (Å²) in [7, 11) is 1.82. The van der Waals surface area contributed by atoms with Crippen LogP contribution >= 0.6 is 0 Å². The summed E-state index contributed by atoms with van der Waals surface area (Å²) in [4.78, 5) is 0. The van der Waals surface area contributed by atoms with Crippen LogP contribution in [0.3, 0.4) is 0 Å². The molecule has 1 aliphatic rings. The van der Waals surface area contributed by atoms with Crippen molar-refractivity contribution in [3.05, 3.63) is 6.92 Å². The molecule has 1 radical (unpaired) electrons. The van der Waals surface area contributed by atoms with E-state index < -0.39 is 0 Å². The molecular formula is C9H17O. The summed E-state index contributed by atoms with van der Waals surface area (Å²) in [6.07, 6.45) is 6.80. The van der Waals surface area contributed by atoms with Crippen molar-refractivity contribution in [1.82, 2.24) is 0 Å². The lowest BCUT2D eigenvalue weighted by atomic mass is 9.86. The van der Waals surface area contributed by atoms with Crippen molar-refractivity contribution in [3.63, 3.8) is 0 Å². The fraction of sp³-hybridized carbons (Fsp3) is 0.889. The van der Waals surface area contributed by atoms with Crippen LogP contribution in [0.1, 0.15) is 32.1 Å². The maximum Gasteiger partial charge on any atom is 0.0574 e. The Labute approximate surface area is 63.8 Å². The lowest BCUT2D eigenvalue weighted by Crippen LogP contribution is -2.21. The second kappa shape index (κ2) is 3.97. The van der Waals surface area contributed by atoms with E-state index in [1.54, 1.807) is 0 Å². The Morgan fingerprint density at radius 1 is 1.50 bits per heavy atom. The molecule has 0 heterocycles. The lowest BCUT2D eigenvalue weighted by Gasteiger charge is -2.26. The molecule has 0 amide bonds. The summed E-state index contributed by atoms with van der Waals surface area (Å²) >= 11 is 0. The third-order valence-electron chi connectivity index (χ3n) is 2.48. The first-order chi connectivity index (χ1) is 4.86. The molecule has 1 fully saturated rings. The standard InChI is InChI=1S/C9H17O/c1-3-8-5-4-6-9(7-8)10-2/h8-9H,1,3-7H2,2H3. The van der Waals surface area contributed by atoms with Gasteiger partial charge in [-0.3, -0.25) is 0 Å². The molecule has 0 aromatic carbocycles. The van der Waals surface area contributed by atoms with Gasteiger partial charge in [-0.15, -0.1) is 0 Å². The Morgan fingerprint density at radius 2 is 2.30 bits per heavy atom. The second-order valence-electron chi connectivity index (χ2n) is 3.18. The van der Waals surface area contributed by atoms with E-state index in [1.807, 2.05) is 7.11 Å². The SMILES string of the molecule is [CH2]CC1CCCC(OC)C1. The van der Waals surface area contributed by atoms with Crippen LogP contribution in [0.2, 0.25) is 0 Å². The molecule has 0 bridgehead atoms. The van der Waals surface area contributed by atoms with Gasteiger partial charge in [0.2, 0.25) is 0 Å². The van der Waals surface area contributed by atoms with Crippen molar-refractivity contribution in [1.29, 1.82) is 0 Å². The number of rotatable bonds is 2.